The summed E-state index contributed by atoms with van der Waals surface area (Å²) >= 11 is 0. The zero-order chi connectivity index (χ0) is 14.4. The first kappa shape index (κ1) is 15.3. The number of hydrogen-bond acceptors (Lipinski definition) is 4. The summed E-state index contributed by atoms with van der Waals surface area (Å²) in [5.41, 5.74) is 13.4. The zero-order valence-electron chi connectivity index (χ0n) is 12.4. The maximum atomic E-state index is 6.43. The van der Waals surface area contributed by atoms with Crippen LogP contribution in [0.3, 0.4) is 0 Å². The third-order valence-corrected chi connectivity index (χ3v) is 4.28. The van der Waals surface area contributed by atoms with Gasteiger partial charge in [0.25, 0.3) is 0 Å². The van der Waals surface area contributed by atoms with Crippen molar-refractivity contribution in [1.82, 2.24) is 4.98 Å². The number of nitrogen functional groups attached to an aromatic ring is 1. The Hall–Kier alpha value is -1.13. The normalized spacial score (nSPS) is 19.7. The van der Waals surface area contributed by atoms with Gasteiger partial charge in [-0.2, -0.15) is 0 Å². The molecule has 0 saturated heterocycles. The molecule has 0 bridgehead atoms. The van der Waals surface area contributed by atoms with Gasteiger partial charge in [0.05, 0.1) is 6.10 Å². The van der Waals surface area contributed by atoms with E-state index in [1.54, 1.807) is 6.20 Å². The minimum Gasteiger partial charge on any atom is -0.383 e. The molecule has 1 aliphatic rings. The Labute approximate surface area is 121 Å². The van der Waals surface area contributed by atoms with Crippen LogP contribution >= 0.6 is 0 Å². The van der Waals surface area contributed by atoms with Gasteiger partial charge in [-0.05, 0) is 43.7 Å². The predicted octanol–water partition coefficient (Wildman–Crippen LogP) is 2.52. The van der Waals surface area contributed by atoms with Crippen LogP contribution in [-0.2, 0) is 11.2 Å². The second-order valence-electron chi connectivity index (χ2n) is 5.73. The number of pyridine rings is 1. The van der Waals surface area contributed by atoms with E-state index in [1.165, 1.54) is 32.1 Å². The van der Waals surface area contributed by atoms with E-state index in [4.69, 9.17) is 16.2 Å². The second-order valence-corrected chi connectivity index (χ2v) is 5.73. The highest BCUT2D eigenvalue weighted by Crippen LogP contribution is 2.30. The van der Waals surface area contributed by atoms with Crippen LogP contribution in [-0.4, -0.2) is 23.7 Å². The Bertz CT molecular complexity index is 404. The van der Waals surface area contributed by atoms with E-state index in [-0.39, 0.29) is 12.1 Å². The fourth-order valence-electron chi connectivity index (χ4n) is 3.26. The van der Waals surface area contributed by atoms with Crippen LogP contribution in [0.1, 0.15) is 44.6 Å². The summed E-state index contributed by atoms with van der Waals surface area (Å²) in [6.45, 7) is 2.76. The van der Waals surface area contributed by atoms with Gasteiger partial charge < -0.3 is 16.2 Å². The molecule has 0 spiro atoms. The SMILES string of the molecule is CCOC(C(N)Cc1cccnc1N)C1CCCCC1. The third-order valence-electron chi connectivity index (χ3n) is 4.28. The number of hydrogen-bond donors (Lipinski definition) is 2. The van der Waals surface area contributed by atoms with Crippen LogP contribution in [0.5, 0.6) is 0 Å². The molecule has 1 fully saturated rings. The fourth-order valence-corrected chi connectivity index (χ4v) is 3.26. The maximum Gasteiger partial charge on any atom is 0.126 e. The van der Waals surface area contributed by atoms with Crippen molar-refractivity contribution in [2.75, 3.05) is 12.3 Å². The standard InChI is InChI=1S/C16H27N3O/c1-2-20-15(12-7-4-3-5-8-12)14(17)11-13-9-6-10-19-16(13)18/h6,9-10,12,14-15H,2-5,7-8,11,17H2,1H3,(H2,18,19). The molecule has 1 aromatic rings. The van der Waals surface area contributed by atoms with E-state index in [1.807, 2.05) is 19.1 Å². The quantitative estimate of drug-likeness (QED) is 0.838. The minimum absolute atomic E-state index is 0.00968. The van der Waals surface area contributed by atoms with Gasteiger partial charge in [0, 0.05) is 18.8 Å². The Morgan fingerprint density at radius 3 is 2.75 bits per heavy atom. The number of anilines is 1. The lowest BCUT2D eigenvalue weighted by molar-refractivity contribution is -0.00910. The molecule has 2 unspecified atom stereocenters. The van der Waals surface area contributed by atoms with E-state index < -0.39 is 0 Å². The van der Waals surface area contributed by atoms with Crippen molar-refractivity contribution in [2.45, 2.75) is 57.6 Å². The molecule has 4 nitrogen and oxygen atoms in total. The van der Waals surface area contributed by atoms with Gasteiger partial charge in [-0.1, -0.05) is 25.3 Å². The first-order chi connectivity index (χ1) is 9.72. The number of nitrogens with two attached hydrogens (primary N) is 2. The zero-order valence-corrected chi connectivity index (χ0v) is 12.4. The minimum atomic E-state index is -0.00968. The topological polar surface area (TPSA) is 74.2 Å². The van der Waals surface area contributed by atoms with E-state index in [0.717, 1.165) is 18.6 Å². The van der Waals surface area contributed by atoms with Gasteiger partial charge in [-0.25, -0.2) is 4.98 Å². The first-order valence-electron chi connectivity index (χ1n) is 7.79. The number of nitrogens with zero attached hydrogens (tertiary/aromatic N) is 1. The molecule has 4 N–H and O–H groups in total. The van der Waals surface area contributed by atoms with Gasteiger partial charge in [0.2, 0.25) is 0 Å². The molecule has 1 heterocycles. The molecule has 2 atom stereocenters. The lowest BCUT2D eigenvalue weighted by Gasteiger charge is -2.34. The maximum absolute atomic E-state index is 6.43. The van der Waals surface area contributed by atoms with Gasteiger partial charge in [-0.15, -0.1) is 0 Å². The van der Waals surface area contributed by atoms with Crippen LogP contribution in [0.4, 0.5) is 5.82 Å². The number of rotatable bonds is 6. The van der Waals surface area contributed by atoms with Crippen LogP contribution < -0.4 is 11.5 Å². The van der Waals surface area contributed by atoms with Gasteiger partial charge in [-0.3, -0.25) is 0 Å². The molecule has 112 valence electrons. The van der Waals surface area contributed by atoms with E-state index in [9.17, 15) is 0 Å². The molecule has 2 rings (SSSR count). The van der Waals surface area contributed by atoms with Crippen LogP contribution in [0.25, 0.3) is 0 Å². The Kier molecular flexibility index (Phi) is 5.80. The van der Waals surface area contributed by atoms with E-state index >= 15 is 0 Å². The van der Waals surface area contributed by atoms with Crippen LogP contribution in [0.15, 0.2) is 18.3 Å². The molecule has 0 radical (unpaired) electrons. The lowest BCUT2D eigenvalue weighted by Crippen LogP contribution is -2.44. The molecule has 1 aromatic heterocycles. The molecule has 0 amide bonds. The van der Waals surface area contributed by atoms with Gasteiger partial charge >= 0.3 is 0 Å². The molecule has 20 heavy (non-hydrogen) atoms. The monoisotopic (exact) mass is 277 g/mol. The first-order valence-corrected chi connectivity index (χ1v) is 7.79. The van der Waals surface area contributed by atoms with Crippen molar-refractivity contribution in [2.24, 2.45) is 11.7 Å². The summed E-state index contributed by atoms with van der Waals surface area (Å²) in [5, 5.41) is 0. The Morgan fingerprint density at radius 1 is 1.35 bits per heavy atom. The molecule has 0 aliphatic heterocycles. The van der Waals surface area contributed by atoms with Crippen molar-refractivity contribution >= 4 is 5.82 Å². The smallest absolute Gasteiger partial charge is 0.126 e. The highest BCUT2D eigenvalue weighted by atomic mass is 16.5. The highest BCUT2D eigenvalue weighted by Gasteiger charge is 2.29. The Morgan fingerprint density at radius 2 is 2.10 bits per heavy atom. The third kappa shape index (κ3) is 3.93. The molecule has 4 heteroatoms. The van der Waals surface area contributed by atoms with Crippen molar-refractivity contribution < 1.29 is 4.74 Å². The number of ether oxygens (including phenoxy) is 1. The molecule has 0 aromatic carbocycles. The second kappa shape index (κ2) is 7.60. The molecular formula is C16H27N3O. The summed E-state index contributed by atoms with van der Waals surface area (Å²) in [7, 11) is 0. The molecule has 1 saturated carbocycles. The van der Waals surface area contributed by atoms with Crippen LogP contribution in [0.2, 0.25) is 0 Å². The summed E-state index contributed by atoms with van der Waals surface area (Å²) < 4.78 is 5.97. The van der Waals surface area contributed by atoms with Crippen molar-refractivity contribution in [3.05, 3.63) is 23.9 Å². The summed E-state index contributed by atoms with van der Waals surface area (Å²) in [5.74, 6) is 1.18. The average molecular weight is 277 g/mol. The fraction of sp³-hybridized carbons (Fsp3) is 0.688. The largest absolute Gasteiger partial charge is 0.383 e. The Balaban J connectivity index is 2.02. The highest BCUT2D eigenvalue weighted by molar-refractivity contribution is 5.39. The average Bonchev–Trinajstić information content (AvgIpc) is 2.48. The van der Waals surface area contributed by atoms with Crippen molar-refractivity contribution in [3.8, 4) is 0 Å². The van der Waals surface area contributed by atoms with Gasteiger partial charge in [0.15, 0.2) is 0 Å². The van der Waals surface area contributed by atoms with Crippen molar-refractivity contribution in [1.29, 1.82) is 0 Å². The summed E-state index contributed by atoms with van der Waals surface area (Å²) in [6.07, 6.45) is 9.01. The molecule has 1 aliphatic carbocycles. The van der Waals surface area contributed by atoms with Crippen LogP contribution in [0, 0.1) is 5.92 Å². The lowest BCUT2D eigenvalue weighted by atomic mass is 9.81. The molecular weight excluding hydrogens is 250 g/mol. The summed E-state index contributed by atoms with van der Waals surface area (Å²) in [4.78, 5) is 4.13. The van der Waals surface area contributed by atoms with E-state index in [0.29, 0.717) is 11.7 Å². The van der Waals surface area contributed by atoms with Gasteiger partial charge in [0.1, 0.15) is 5.82 Å². The predicted molar refractivity (Wildman–Crippen MR) is 82.3 cm³/mol. The number of aromatic nitrogens is 1. The van der Waals surface area contributed by atoms with Crippen molar-refractivity contribution in [3.63, 3.8) is 0 Å². The summed E-state index contributed by atoms with van der Waals surface area (Å²) in [6, 6.07) is 3.91. The van der Waals surface area contributed by atoms with E-state index in [2.05, 4.69) is 4.98 Å².